The normalized spacial score (nSPS) is 12.9. The van der Waals surface area contributed by atoms with E-state index >= 15 is 0 Å². The Morgan fingerprint density at radius 3 is 2.44 bits per heavy atom. The third-order valence-corrected chi connectivity index (χ3v) is 4.35. The molecular weight excluding hydrogens is 425 g/mol. The number of alkyl halides is 3. The lowest BCUT2D eigenvalue weighted by molar-refractivity contribution is -0.137. The number of hydrogen-bond donors (Lipinski definition) is 1. The van der Waals surface area contributed by atoms with Crippen molar-refractivity contribution in [2.75, 3.05) is 12.5 Å². The minimum atomic E-state index is -4.36. The van der Waals surface area contributed by atoms with Crippen molar-refractivity contribution in [2.24, 2.45) is 5.10 Å². The van der Waals surface area contributed by atoms with Crippen LogP contribution < -0.4 is 14.9 Å². The molecule has 0 bridgehead atoms. The lowest BCUT2D eigenvalue weighted by atomic mass is 10.2. The topological polar surface area (TPSA) is 42.8 Å². The van der Waals surface area contributed by atoms with Crippen LogP contribution in [0.4, 0.5) is 18.9 Å². The van der Waals surface area contributed by atoms with Gasteiger partial charge in [-0.15, -0.1) is 0 Å². The van der Waals surface area contributed by atoms with E-state index < -0.39 is 11.7 Å². The Bertz CT molecular complexity index is 793. The number of benzene rings is 2. The number of ether oxygens (including phenoxy) is 2. The van der Waals surface area contributed by atoms with Gasteiger partial charge in [0, 0.05) is 0 Å². The van der Waals surface area contributed by atoms with E-state index in [1.165, 1.54) is 18.3 Å². The Hall–Kier alpha value is -2.22. The monoisotopic (exact) mass is 444 g/mol. The smallest absolute Gasteiger partial charge is 0.416 e. The fourth-order valence-electron chi connectivity index (χ4n) is 2.13. The molecule has 27 heavy (non-hydrogen) atoms. The molecule has 0 spiro atoms. The van der Waals surface area contributed by atoms with E-state index in [0.717, 1.165) is 28.6 Å². The van der Waals surface area contributed by atoms with E-state index in [2.05, 4.69) is 26.5 Å². The van der Waals surface area contributed by atoms with Crippen molar-refractivity contribution < 1.29 is 22.6 Å². The average Bonchev–Trinajstić information content (AvgIpc) is 2.63. The van der Waals surface area contributed by atoms with Crippen LogP contribution in [-0.4, -0.2) is 19.4 Å². The zero-order chi connectivity index (χ0) is 20.0. The summed E-state index contributed by atoms with van der Waals surface area (Å²) in [5.74, 6) is 1.17. The van der Waals surface area contributed by atoms with Gasteiger partial charge in [0.05, 0.1) is 35.2 Å². The molecule has 146 valence electrons. The van der Waals surface area contributed by atoms with Gasteiger partial charge in [-0.2, -0.15) is 18.3 Å². The van der Waals surface area contributed by atoms with Crippen molar-refractivity contribution in [1.29, 1.82) is 0 Å². The number of hydrogen-bond acceptors (Lipinski definition) is 4. The van der Waals surface area contributed by atoms with Crippen LogP contribution in [0.25, 0.3) is 0 Å². The van der Waals surface area contributed by atoms with Crippen molar-refractivity contribution in [3.05, 3.63) is 52.0 Å². The SMILES string of the molecule is CC[C@H](C)Oc1c(Br)cc(/C=N/Nc2ccc(C(F)(F)F)cc2)cc1OC. The van der Waals surface area contributed by atoms with Crippen molar-refractivity contribution in [1.82, 2.24) is 0 Å². The van der Waals surface area contributed by atoms with Crippen LogP contribution in [0, 0.1) is 0 Å². The lowest BCUT2D eigenvalue weighted by Gasteiger charge is -2.17. The van der Waals surface area contributed by atoms with Gasteiger partial charge in [-0.1, -0.05) is 6.92 Å². The van der Waals surface area contributed by atoms with E-state index in [4.69, 9.17) is 9.47 Å². The largest absolute Gasteiger partial charge is 0.493 e. The van der Waals surface area contributed by atoms with Gasteiger partial charge in [-0.25, -0.2) is 0 Å². The zero-order valence-electron chi connectivity index (χ0n) is 15.1. The van der Waals surface area contributed by atoms with Gasteiger partial charge in [0.1, 0.15) is 0 Å². The van der Waals surface area contributed by atoms with E-state index in [0.29, 0.717) is 17.2 Å². The quantitative estimate of drug-likeness (QED) is 0.414. The Labute approximate surface area is 164 Å². The van der Waals surface area contributed by atoms with Crippen molar-refractivity contribution >= 4 is 27.8 Å². The molecule has 2 aromatic rings. The third-order valence-electron chi connectivity index (χ3n) is 3.77. The second-order valence-corrected chi connectivity index (χ2v) is 6.67. The molecule has 0 unspecified atom stereocenters. The first-order valence-corrected chi connectivity index (χ1v) is 9.04. The number of methoxy groups -OCH3 is 1. The van der Waals surface area contributed by atoms with Crippen LogP contribution in [0.15, 0.2) is 46.0 Å². The summed E-state index contributed by atoms with van der Waals surface area (Å²) in [5, 5.41) is 4.05. The third kappa shape index (κ3) is 5.89. The number of rotatable bonds is 7. The summed E-state index contributed by atoms with van der Waals surface area (Å²) < 4.78 is 49.6. The molecule has 0 heterocycles. The Balaban J connectivity index is 2.11. The molecule has 2 rings (SSSR count). The van der Waals surface area contributed by atoms with Crippen molar-refractivity contribution in [3.8, 4) is 11.5 Å². The Morgan fingerprint density at radius 1 is 1.22 bits per heavy atom. The maximum atomic E-state index is 12.6. The van der Waals surface area contributed by atoms with E-state index in [1.807, 2.05) is 19.9 Å². The maximum Gasteiger partial charge on any atom is 0.416 e. The number of halogens is 4. The number of hydrazone groups is 1. The highest BCUT2D eigenvalue weighted by atomic mass is 79.9. The molecule has 2 aromatic carbocycles. The number of anilines is 1. The van der Waals surface area contributed by atoms with Crippen LogP contribution in [0.5, 0.6) is 11.5 Å². The summed E-state index contributed by atoms with van der Waals surface area (Å²) in [6.45, 7) is 3.99. The molecule has 0 radical (unpaired) electrons. The summed E-state index contributed by atoms with van der Waals surface area (Å²) in [6, 6.07) is 8.22. The van der Waals surface area contributed by atoms with Gasteiger partial charge in [0.2, 0.25) is 0 Å². The summed E-state index contributed by atoms with van der Waals surface area (Å²) in [7, 11) is 1.55. The number of nitrogens with one attached hydrogen (secondary N) is 1. The highest BCUT2D eigenvalue weighted by Gasteiger charge is 2.29. The lowest BCUT2D eigenvalue weighted by Crippen LogP contribution is -2.11. The zero-order valence-corrected chi connectivity index (χ0v) is 16.7. The van der Waals surface area contributed by atoms with Gasteiger partial charge in [-0.3, -0.25) is 5.43 Å². The molecular formula is C19H20BrF3N2O2. The van der Waals surface area contributed by atoms with Crippen molar-refractivity contribution in [3.63, 3.8) is 0 Å². The molecule has 0 saturated carbocycles. The van der Waals surface area contributed by atoms with Crippen molar-refractivity contribution in [2.45, 2.75) is 32.5 Å². The minimum Gasteiger partial charge on any atom is -0.493 e. The van der Waals surface area contributed by atoms with E-state index in [-0.39, 0.29) is 6.10 Å². The molecule has 0 fully saturated rings. The molecule has 0 amide bonds. The summed E-state index contributed by atoms with van der Waals surface area (Å²) in [5.41, 5.74) is 3.17. The first-order chi connectivity index (χ1) is 12.7. The van der Waals surface area contributed by atoms with Gasteiger partial charge in [0.15, 0.2) is 11.5 Å². The minimum absolute atomic E-state index is 0.0380. The van der Waals surface area contributed by atoms with Gasteiger partial charge >= 0.3 is 6.18 Å². The molecule has 0 aliphatic carbocycles. The van der Waals surface area contributed by atoms with Gasteiger partial charge in [0.25, 0.3) is 0 Å². The van der Waals surface area contributed by atoms with E-state index in [9.17, 15) is 13.2 Å². The second kappa shape index (κ2) is 9.12. The first-order valence-electron chi connectivity index (χ1n) is 8.25. The molecule has 0 aromatic heterocycles. The molecule has 4 nitrogen and oxygen atoms in total. The predicted molar refractivity (Wildman–Crippen MR) is 104 cm³/mol. The van der Waals surface area contributed by atoms with Crippen LogP contribution in [0.1, 0.15) is 31.4 Å². The Morgan fingerprint density at radius 2 is 1.89 bits per heavy atom. The molecule has 1 N–H and O–H groups in total. The maximum absolute atomic E-state index is 12.6. The molecule has 0 aliphatic rings. The fraction of sp³-hybridized carbons (Fsp3) is 0.316. The second-order valence-electron chi connectivity index (χ2n) is 5.82. The predicted octanol–water partition coefficient (Wildman–Crippen LogP) is 6.10. The molecule has 0 aliphatic heterocycles. The standard InChI is InChI=1S/C19H20BrF3N2O2/c1-4-12(2)27-18-16(20)9-13(10-17(18)26-3)11-24-25-15-7-5-14(6-8-15)19(21,22)23/h5-12,25H,4H2,1-3H3/b24-11+/t12-/m0/s1. The van der Waals surface area contributed by atoms with E-state index in [1.54, 1.807) is 13.2 Å². The highest BCUT2D eigenvalue weighted by Crippen LogP contribution is 2.37. The Kier molecular flexibility index (Phi) is 7.12. The molecule has 8 heteroatoms. The molecule has 0 saturated heterocycles. The molecule has 1 atom stereocenters. The highest BCUT2D eigenvalue weighted by molar-refractivity contribution is 9.10. The number of nitrogens with zero attached hydrogens (tertiary/aromatic N) is 1. The van der Waals surface area contributed by atoms with Crippen LogP contribution in [-0.2, 0) is 6.18 Å². The fourth-order valence-corrected chi connectivity index (χ4v) is 2.68. The first kappa shape index (κ1) is 21.1. The summed E-state index contributed by atoms with van der Waals surface area (Å²) in [4.78, 5) is 0. The van der Waals surface area contributed by atoms with Gasteiger partial charge in [-0.05, 0) is 71.2 Å². The van der Waals surface area contributed by atoms with Crippen LogP contribution >= 0.6 is 15.9 Å². The van der Waals surface area contributed by atoms with Gasteiger partial charge < -0.3 is 9.47 Å². The van der Waals surface area contributed by atoms with Crippen LogP contribution in [0.3, 0.4) is 0 Å². The summed E-state index contributed by atoms with van der Waals surface area (Å²) in [6.07, 6.45) is -1.92. The summed E-state index contributed by atoms with van der Waals surface area (Å²) >= 11 is 3.47. The average molecular weight is 445 g/mol. The van der Waals surface area contributed by atoms with Crippen LogP contribution in [0.2, 0.25) is 0 Å².